The van der Waals surface area contributed by atoms with Gasteiger partial charge in [0.15, 0.2) is 5.16 Å². The van der Waals surface area contributed by atoms with Crippen LogP contribution >= 0.6 is 23.1 Å². The van der Waals surface area contributed by atoms with Gasteiger partial charge < -0.3 is 5.32 Å². The third-order valence-corrected chi connectivity index (χ3v) is 6.32. The molecule has 0 saturated heterocycles. The summed E-state index contributed by atoms with van der Waals surface area (Å²) in [5.74, 6) is 0.0117. The van der Waals surface area contributed by atoms with E-state index in [-0.39, 0.29) is 5.56 Å². The van der Waals surface area contributed by atoms with Crippen molar-refractivity contribution in [3.05, 3.63) is 21.3 Å². The van der Waals surface area contributed by atoms with Crippen molar-refractivity contribution in [2.45, 2.75) is 57.5 Å². The molecule has 3 amide bonds. The van der Waals surface area contributed by atoms with Gasteiger partial charge in [-0.25, -0.2) is 9.78 Å². The fraction of sp³-hybridized carbons (Fsp3) is 0.556. The van der Waals surface area contributed by atoms with Gasteiger partial charge in [-0.05, 0) is 31.7 Å². The number of hydrogen-bond donors (Lipinski definition) is 2. The molecule has 2 aromatic heterocycles. The molecule has 0 bridgehead atoms. The molecule has 0 radical (unpaired) electrons. The number of carbonyl (C=O) groups excluding carboxylic acids is 2. The van der Waals surface area contributed by atoms with Gasteiger partial charge in [0.1, 0.15) is 4.83 Å². The van der Waals surface area contributed by atoms with Crippen molar-refractivity contribution in [1.82, 2.24) is 20.2 Å². The van der Waals surface area contributed by atoms with Crippen LogP contribution in [0.4, 0.5) is 4.79 Å². The molecule has 0 fully saturated rings. The van der Waals surface area contributed by atoms with E-state index in [0.717, 1.165) is 17.7 Å². The molecule has 0 aromatic carbocycles. The number of carbonyl (C=O) groups is 2. The van der Waals surface area contributed by atoms with Crippen LogP contribution in [0.25, 0.3) is 10.2 Å². The number of nitrogens with zero attached hydrogens (tertiary/aromatic N) is 2. The second-order valence-electron chi connectivity index (χ2n) is 6.65. The number of rotatable bonds is 7. The van der Waals surface area contributed by atoms with E-state index in [0.29, 0.717) is 27.8 Å². The van der Waals surface area contributed by atoms with E-state index >= 15 is 0 Å². The van der Waals surface area contributed by atoms with Gasteiger partial charge >= 0.3 is 6.03 Å². The topological polar surface area (TPSA) is 93.1 Å². The van der Waals surface area contributed by atoms with E-state index in [2.05, 4.69) is 29.5 Å². The van der Waals surface area contributed by atoms with Crippen molar-refractivity contribution in [2.75, 3.05) is 7.05 Å². The summed E-state index contributed by atoms with van der Waals surface area (Å²) in [4.78, 5) is 43.0. The summed E-state index contributed by atoms with van der Waals surface area (Å²) in [5, 5.41) is 5.19. The first kappa shape index (κ1) is 21.4. The average molecular weight is 411 g/mol. The minimum atomic E-state index is -0.567. The Morgan fingerprint density at radius 1 is 1.33 bits per heavy atom. The molecular weight excluding hydrogens is 384 g/mol. The Kier molecular flexibility index (Phi) is 7.43. The molecule has 9 heteroatoms. The fourth-order valence-electron chi connectivity index (χ4n) is 2.38. The van der Waals surface area contributed by atoms with E-state index in [4.69, 9.17) is 0 Å². The van der Waals surface area contributed by atoms with Crippen LogP contribution in [0.1, 0.15) is 39.0 Å². The Hall–Kier alpha value is -1.87. The lowest BCUT2D eigenvalue weighted by molar-refractivity contribution is -0.119. The average Bonchev–Trinajstić information content (AvgIpc) is 3.04. The van der Waals surface area contributed by atoms with Crippen molar-refractivity contribution in [3.8, 4) is 0 Å². The van der Waals surface area contributed by atoms with Crippen molar-refractivity contribution in [2.24, 2.45) is 5.92 Å². The number of thiophene rings is 1. The maximum absolute atomic E-state index is 13.0. The molecule has 0 aliphatic carbocycles. The van der Waals surface area contributed by atoms with Crippen LogP contribution in [-0.4, -0.2) is 33.8 Å². The Balaban J connectivity index is 2.39. The van der Waals surface area contributed by atoms with Crippen molar-refractivity contribution >= 4 is 45.3 Å². The fourth-order valence-corrected chi connectivity index (χ4v) is 4.33. The third-order valence-electron chi connectivity index (χ3n) is 4.06. The molecule has 0 unspecified atom stereocenters. The lowest BCUT2D eigenvalue weighted by Gasteiger charge is -2.16. The molecule has 2 rings (SSSR count). The second kappa shape index (κ2) is 9.36. The van der Waals surface area contributed by atoms with Crippen molar-refractivity contribution in [1.29, 1.82) is 0 Å². The van der Waals surface area contributed by atoms with Gasteiger partial charge in [0.2, 0.25) is 5.91 Å². The summed E-state index contributed by atoms with van der Waals surface area (Å²) >= 11 is 2.70. The highest BCUT2D eigenvalue weighted by Gasteiger charge is 2.21. The molecule has 0 aliphatic heterocycles. The van der Waals surface area contributed by atoms with Crippen LogP contribution in [0.3, 0.4) is 0 Å². The van der Waals surface area contributed by atoms with Gasteiger partial charge in [0.05, 0.1) is 10.6 Å². The van der Waals surface area contributed by atoms with Gasteiger partial charge in [-0.1, -0.05) is 32.5 Å². The Morgan fingerprint density at radius 3 is 2.63 bits per heavy atom. The first-order chi connectivity index (χ1) is 12.8. The number of aryl methyl sites for hydroxylation is 1. The van der Waals surface area contributed by atoms with E-state index in [1.54, 1.807) is 11.5 Å². The Labute approximate surface area is 166 Å². The van der Waals surface area contributed by atoms with Gasteiger partial charge in [-0.3, -0.25) is 19.5 Å². The number of urea groups is 1. The van der Waals surface area contributed by atoms with Crippen molar-refractivity contribution in [3.63, 3.8) is 0 Å². The molecule has 2 aromatic rings. The largest absolute Gasteiger partial charge is 0.341 e. The highest BCUT2D eigenvalue weighted by Crippen LogP contribution is 2.27. The minimum absolute atomic E-state index is 0.0713. The molecule has 7 nitrogen and oxygen atoms in total. The summed E-state index contributed by atoms with van der Waals surface area (Å²) < 4.78 is 1.66. The van der Waals surface area contributed by atoms with Gasteiger partial charge in [-0.15, -0.1) is 11.3 Å². The summed E-state index contributed by atoms with van der Waals surface area (Å²) in [6.07, 6.45) is 1.68. The zero-order chi connectivity index (χ0) is 20.1. The highest BCUT2D eigenvalue weighted by atomic mass is 32.2. The second-order valence-corrected chi connectivity index (χ2v) is 9.07. The van der Waals surface area contributed by atoms with Crippen LogP contribution < -0.4 is 16.2 Å². The lowest BCUT2D eigenvalue weighted by Crippen LogP contribution is -2.41. The van der Waals surface area contributed by atoms with Crippen molar-refractivity contribution < 1.29 is 9.59 Å². The molecule has 2 N–H and O–H groups in total. The number of thioether (sulfide) groups is 1. The normalized spacial score (nSPS) is 12.4. The van der Waals surface area contributed by atoms with Crippen LogP contribution in [0.15, 0.2) is 16.0 Å². The minimum Gasteiger partial charge on any atom is -0.341 e. The van der Waals surface area contributed by atoms with E-state index in [1.807, 2.05) is 13.0 Å². The predicted molar refractivity (Wildman–Crippen MR) is 111 cm³/mol. The Bertz CT molecular complexity index is 889. The first-order valence-electron chi connectivity index (χ1n) is 8.99. The number of hydrogen-bond acceptors (Lipinski definition) is 6. The summed E-state index contributed by atoms with van der Waals surface area (Å²) in [5.41, 5.74) is -0.0713. The van der Waals surface area contributed by atoms with Gasteiger partial charge in [-0.2, -0.15) is 0 Å². The van der Waals surface area contributed by atoms with Crippen LogP contribution in [0.5, 0.6) is 0 Å². The quantitative estimate of drug-likeness (QED) is 0.541. The summed E-state index contributed by atoms with van der Waals surface area (Å²) in [6, 6.07) is 1.36. The predicted octanol–water partition coefficient (Wildman–Crippen LogP) is 3.00. The third kappa shape index (κ3) is 5.32. The zero-order valence-corrected chi connectivity index (χ0v) is 17.9. The highest BCUT2D eigenvalue weighted by molar-refractivity contribution is 8.00. The number of nitrogens with one attached hydrogen (secondary N) is 2. The van der Waals surface area contributed by atoms with Crippen LogP contribution in [-0.2, 0) is 17.8 Å². The number of imide groups is 1. The molecule has 2 heterocycles. The SMILES string of the molecule is CCc1cc2c(=O)n(CCC(C)C)c(S[C@@H](C)C(=O)NC(=O)NC)nc2s1. The monoisotopic (exact) mass is 410 g/mol. The number of amides is 3. The molecule has 0 aliphatic rings. The summed E-state index contributed by atoms with van der Waals surface area (Å²) in [7, 11) is 1.45. The van der Waals surface area contributed by atoms with Crippen LogP contribution in [0.2, 0.25) is 0 Å². The van der Waals surface area contributed by atoms with Gasteiger partial charge in [0, 0.05) is 18.5 Å². The molecule has 0 saturated carbocycles. The first-order valence-corrected chi connectivity index (χ1v) is 10.7. The maximum Gasteiger partial charge on any atom is 0.321 e. The number of fused-ring (bicyclic) bond motifs is 1. The lowest BCUT2D eigenvalue weighted by atomic mass is 10.1. The molecule has 1 atom stereocenters. The summed E-state index contributed by atoms with van der Waals surface area (Å²) in [6.45, 7) is 8.48. The molecule has 27 heavy (non-hydrogen) atoms. The van der Waals surface area contributed by atoms with E-state index < -0.39 is 17.2 Å². The molecule has 0 spiro atoms. The van der Waals surface area contributed by atoms with Gasteiger partial charge in [0.25, 0.3) is 5.56 Å². The standard InChI is InChI=1S/C18H26N4O3S2/c1-6-12-9-13-15(27-12)21-18(22(16(13)24)8-7-10(2)3)26-11(4)14(23)20-17(25)19-5/h9-11H,6-8H2,1-5H3,(H2,19,20,23,25)/t11-/m0/s1. The van der Waals surface area contributed by atoms with E-state index in [9.17, 15) is 14.4 Å². The maximum atomic E-state index is 13.0. The molecular formula is C18H26N4O3S2. The molecule has 148 valence electrons. The number of aromatic nitrogens is 2. The smallest absolute Gasteiger partial charge is 0.321 e. The zero-order valence-electron chi connectivity index (χ0n) is 16.3. The van der Waals surface area contributed by atoms with Crippen LogP contribution in [0, 0.1) is 5.92 Å². The van der Waals surface area contributed by atoms with E-state index in [1.165, 1.54) is 30.1 Å². The Morgan fingerprint density at radius 2 is 2.04 bits per heavy atom.